The van der Waals surface area contributed by atoms with Crippen molar-refractivity contribution in [3.63, 3.8) is 0 Å². The minimum Gasteiger partial charge on any atom is -0.503 e. The van der Waals surface area contributed by atoms with E-state index in [-0.39, 0.29) is 33.0 Å². The molecule has 1 amide bonds. The van der Waals surface area contributed by atoms with Crippen molar-refractivity contribution in [2.75, 3.05) is 4.90 Å². The van der Waals surface area contributed by atoms with Crippen molar-refractivity contribution in [1.82, 2.24) is 15.2 Å². The molecular formula is C26H19ClF2N4O2S. The number of aliphatic hydroxyl groups excluding tert-OH is 1. The average molecular weight is 525 g/mol. The van der Waals surface area contributed by atoms with Gasteiger partial charge in [-0.25, -0.2) is 13.9 Å². The first kappa shape index (κ1) is 24.0. The molecule has 0 radical (unpaired) electrons. The van der Waals surface area contributed by atoms with Crippen LogP contribution in [0.1, 0.15) is 28.3 Å². The van der Waals surface area contributed by atoms with Gasteiger partial charge in [0.1, 0.15) is 11.6 Å². The van der Waals surface area contributed by atoms with Gasteiger partial charge in [0, 0.05) is 27.5 Å². The third-order valence-corrected chi connectivity index (χ3v) is 7.09. The van der Waals surface area contributed by atoms with Gasteiger partial charge in [-0.05, 0) is 30.7 Å². The van der Waals surface area contributed by atoms with Crippen LogP contribution in [0.2, 0.25) is 5.02 Å². The van der Waals surface area contributed by atoms with E-state index in [1.165, 1.54) is 23.1 Å². The van der Waals surface area contributed by atoms with Gasteiger partial charge in [0.05, 0.1) is 6.04 Å². The van der Waals surface area contributed by atoms with Crippen molar-refractivity contribution in [2.24, 2.45) is 0 Å². The molecule has 2 heterocycles. The molecule has 2 N–H and O–H groups in total. The molecule has 1 atom stereocenters. The Bertz CT molecular complexity index is 1470. The molecule has 36 heavy (non-hydrogen) atoms. The number of aromatic nitrogens is 3. The number of rotatable bonds is 6. The Morgan fingerprint density at radius 2 is 1.78 bits per heavy atom. The second kappa shape index (κ2) is 9.75. The number of benzene rings is 3. The molecule has 1 aromatic heterocycles. The fourth-order valence-corrected chi connectivity index (χ4v) is 5.20. The van der Waals surface area contributed by atoms with Gasteiger partial charge in [0.15, 0.2) is 5.76 Å². The van der Waals surface area contributed by atoms with Crippen LogP contribution in [0.5, 0.6) is 0 Å². The molecule has 0 bridgehead atoms. The molecule has 1 aliphatic rings. The Balaban J connectivity index is 1.52. The van der Waals surface area contributed by atoms with Crippen molar-refractivity contribution in [2.45, 2.75) is 23.9 Å². The van der Waals surface area contributed by atoms with Crippen molar-refractivity contribution in [3.05, 3.63) is 111 Å². The maximum absolute atomic E-state index is 15.0. The van der Waals surface area contributed by atoms with E-state index >= 15 is 0 Å². The average Bonchev–Trinajstić information content (AvgIpc) is 3.42. The molecule has 0 aliphatic carbocycles. The molecule has 4 aromatic rings. The molecule has 3 aromatic carbocycles. The Labute approximate surface area is 214 Å². The van der Waals surface area contributed by atoms with Crippen LogP contribution in [0.3, 0.4) is 0 Å². The van der Waals surface area contributed by atoms with E-state index in [1.807, 2.05) is 19.1 Å². The molecule has 0 saturated heterocycles. The molecule has 5 rings (SSSR count). The first-order chi connectivity index (χ1) is 17.3. The van der Waals surface area contributed by atoms with Crippen molar-refractivity contribution < 1.29 is 18.7 Å². The molecule has 0 spiro atoms. The molecular weight excluding hydrogens is 506 g/mol. The smallest absolute Gasteiger partial charge is 0.296 e. The summed E-state index contributed by atoms with van der Waals surface area (Å²) < 4.78 is 29.1. The number of hydrogen-bond acceptors (Lipinski definition) is 5. The number of halogens is 3. The molecule has 0 unspecified atom stereocenters. The van der Waals surface area contributed by atoms with E-state index in [2.05, 4.69) is 15.2 Å². The van der Waals surface area contributed by atoms with Gasteiger partial charge in [-0.15, -0.1) is 5.10 Å². The zero-order valence-corrected chi connectivity index (χ0v) is 20.4. The Kier molecular flexibility index (Phi) is 6.51. The van der Waals surface area contributed by atoms with Crippen LogP contribution >= 0.6 is 23.4 Å². The standard InChI is InChI=1S/C26H19ClF2N4O2S/c1-14-9-11-15(12-10-14)21-22(16-5-2-3-7-19(16)28)33(24(35)23(21)34)25-30-26(32-31-25)36-13-17-18(27)6-4-8-20(17)29/h2-12,22,34H,13H2,1H3,(H,30,31,32)/t22-/m0/s1. The summed E-state index contributed by atoms with van der Waals surface area (Å²) in [4.78, 5) is 18.8. The van der Waals surface area contributed by atoms with E-state index < -0.39 is 29.3 Å². The van der Waals surface area contributed by atoms with E-state index in [0.717, 1.165) is 17.3 Å². The second-order valence-corrected chi connectivity index (χ2v) is 9.51. The maximum Gasteiger partial charge on any atom is 0.296 e. The Morgan fingerprint density at radius 1 is 1.06 bits per heavy atom. The molecule has 1 aliphatic heterocycles. The summed E-state index contributed by atoms with van der Waals surface area (Å²) in [6, 6.07) is 16.7. The van der Waals surface area contributed by atoms with Crippen molar-refractivity contribution in [3.8, 4) is 0 Å². The monoisotopic (exact) mass is 524 g/mol. The fraction of sp³-hybridized carbons (Fsp3) is 0.115. The highest BCUT2D eigenvalue weighted by molar-refractivity contribution is 7.98. The van der Waals surface area contributed by atoms with Crippen LogP contribution in [-0.2, 0) is 10.5 Å². The van der Waals surface area contributed by atoms with E-state index in [4.69, 9.17) is 11.6 Å². The zero-order valence-electron chi connectivity index (χ0n) is 18.9. The topological polar surface area (TPSA) is 82.1 Å². The SMILES string of the molecule is Cc1ccc(C2=C(O)C(=O)N(c3nc(SCc4c(F)cccc4Cl)n[nH]3)[C@H]2c2ccccc2F)cc1. The highest BCUT2D eigenvalue weighted by atomic mass is 35.5. The van der Waals surface area contributed by atoms with Crippen molar-refractivity contribution >= 4 is 40.8 Å². The molecule has 0 saturated carbocycles. The summed E-state index contributed by atoms with van der Waals surface area (Å²) in [6.07, 6.45) is 0. The number of aliphatic hydroxyl groups is 1. The molecule has 6 nitrogen and oxygen atoms in total. The molecule has 10 heteroatoms. The Morgan fingerprint density at radius 3 is 2.50 bits per heavy atom. The lowest BCUT2D eigenvalue weighted by atomic mass is 9.93. The number of thioether (sulfide) groups is 1. The van der Waals surface area contributed by atoms with Gasteiger partial charge >= 0.3 is 0 Å². The highest BCUT2D eigenvalue weighted by Gasteiger charge is 2.44. The number of nitrogens with one attached hydrogen (secondary N) is 1. The largest absolute Gasteiger partial charge is 0.503 e. The summed E-state index contributed by atoms with van der Waals surface area (Å²) in [5.74, 6) is -2.06. The minimum absolute atomic E-state index is 0.0176. The van der Waals surface area contributed by atoms with Crippen LogP contribution < -0.4 is 4.90 Å². The van der Waals surface area contributed by atoms with Crippen LogP contribution in [0.4, 0.5) is 14.7 Å². The van der Waals surface area contributed by atoms with Crippen molar-refractivity contribution in [1.29, 1.82) is 0 Å². The van der Waals surface area contributed by atoms with Crippen LogP contribution in [0.25, 0.3) is 5.57 Å². The number of hydrogen-bond donors (Lipinski definition) is 2. The third kappa shape index (κ3) is 4.36. The summed E-state index contributed by atoms with van der Waals surface area (Å²) in [7, 11) is 0. The van der Waals surface area contributed by atoms with Gasteiger partial charge < -0.3 is 5.11 Å². The summed E-state index contributed by atoms with van der Waals surface area (Å²) in [5.41, 5.74) is 2.32. The zero-order chi connectivity index (χ0) is 25.4. The number of carbonyl (C=O) groups excluding carboxylic acids is 1. The lowest BCUT2D eigenvalue weighted by Crippen LogP contribution is -2.31. The maximum atomic E-state index is 15.0. The summed E-state index contributed by atoms with van der Waals surface area (Å²) >= 11 is 7.22. The number of anilines is 1. The van der Waals surface area contributed by atoms with Gasteiger partial charge in [0.2, 0.25) is 11.1 Å². The number of carbonyl (C=O) groups is 1. The second-order valence-electron chi connectivity index (χ2n) is 8.16. The van der Waals surface area contributed by atoms with Gasteiger partial charge in [-0.1, -0.05) is 77.5 Å². The molecule has 0 fully saturated rings. The predicted octanol–water partition coefficient (Wildman–Crippen LogP) is 6.39. The minimum atomic E-state index is -0.992. The van der Waals surface area contributed by atoms with E-state index in [9.17, 15) is 18.7 Å². The predicted molar refractivity (Wildman–Crippen MR) is 135 cm³/mol. The first-order valence-corrected chi connectivity index (χ1v) is 12.3. The lowest BCUT2D eigenvalue weighted by Gasteiger charge is -2.25. The third-order valence-electron chi connectivity index (χ3n) is 5.86. The summed E-state index contributed by atoms with van der Waals surface area (Å²) in [6.45, 7) is 1.92. The molecule has 182 valence electrons. The number of aryl methyl sites for hydroxylation is 1. The Hall–Kier alpha value is -3.69. The van der Waals surface area contributed by atoms with Crippen LogP contribution in [0, 0.1) is 18.6 Å². The fourth-order valence-electron chi connectivity index (χ4n) is 4.06. The van der Waals surface area contributed by atoms with Gasteiger partial charge in [-0.2, -0.15) is 4.98 Å². The van der Waals surface area contributed by atoms with E-state index in [0.29, 0.717) is 11.1 Å². The quantitative estimate of drug-likeness (QED) is 0.285. The van der Waals surface area contributed by atoms with E-state index in [1.54, 1.807) is 36.4 Å². The van der Waals surface area contributed by atoms with Gasteiger partial charge in [-0.3, -0.25) is 9.69 Å². The number of H-pyrrole nitrogens is 1. The first-order valence-electron chi connectivity index (χ1n) is 10.9. The van der Waals surface area contributed by atoms with Crippen LogP contribution in [-0.4, -0.2) is 26.2 Å². The summed E-state index contributed by atoms with van der Waals surface area (Å²) in [5, 5.41) is 18.2. The normalized spacial score (nSPS) is 15.7. The van der Waals surface area contributed by atoms with Crippen LogP contribution in [0.15, 0.2) is 77.6 Å². The number of nitrogens with zero attached hydrogens (tertiary/aromatic N) is 3. The van der Waals surface area contributed by atoms with Gasteiger partial charge in [0.25, 0.3) is 5.91 Å². The number of amides is 1. The highest BCUT2D eigenvalue weighted by Crippen LogP contribution is 2.45. The lowest BCUT2D eigenvalue weighted by molar-refractivity contribution is -0.117. The number of aromatic amines is 1.